The Kier molecular flexibility index (Phi) is 6.80. The highest BCUT2D eigenvalue weighted by Crippen LogP contribution is 2.41. The molecule has 0 aliphatic heterocycles. The van der Waals surface area contributed by atoms with Crippen molar-refractivity contribution >= 4 is 39.9 Å². The second-order valence-corrected chi connectivity index (χ2v) is 8.79. The number of nitrogens with zero attached hydrogens (tertiary/aromatic N) is 2. The zero-order chi connectivity index (χ0) is 22.0. The van der Waals surface area contributed by atoms with Crippen LogP contribution in [0.4, 0.5) is 0 Å². The third-order valence-electron chi connectivity index (χ3n) is 6.08. The van der Waals surface area contributed by atoms with Crippen LogP contribution < -0.4 is 4.74 Å². The van der Waals surface area contributed by atoms with E-state index in [1.165, 1.54) is 18.0 Å². The van der Waals surface area contributed by atoms with Gasteiger partial charge in [0, 0.05) is 30.5 Å². The first kappa shape index (κ1) is 22.1. The summed E-state index contributed by atoms with van der Waals surface area (Å²) in [5, 5.41) is 2.19. The van der Waals surface area contributed by atoms with Crippen molar-refractivity contribution in [2.45, 2.75) is 38.0 Å². The maximum Gasteiger partial charge on any atom is 0.200 e. The fraction of sp³-hybridized carbons (Fsp3) is 0.435. The number of nitrogens with one attached hydrogen (secondary N) is 1. The van der Waals surface area contributed by atoms with E-state index in [9.17, 15) is 4.79 Å². The Morgan fingerprint density at radius 1 is 1.16 bits per heavy atom. The number of ketones is 1. The Morgan fingerprint density at radius 3 is 2.65 bits per heavy atom. The molecule has 0 spiro atoms. The maximum atomic E-state index is 12.8. The summed E-state index contributed by atoms with van der Waals surface area (Å²) in [5.41, 5.74) is 3.29. The number of Topliss-reactive ketones (excluding diaryl/α,β-unsaturated/α-hetero) is 1. The second-order valence-electron chi connectivity index (χ2n) is 8.01. The van der Waals surface area contributed by atoms with Crippen LogP contribution in [0.2, 0.25) is 10.0 Å². The molecule has 0 saturated heterocycles. The number of ether oxygens (including phenoxy) is 2. The number of carbonyl (C=O) groups is 1. The van der Waals surface area contributed by atoms with Gasteiger partial charge in [-0.15, -0.1) is 0 Å². The van der Waals surface area contributed by atoms with Gasteiger partial charge in [-0.3, -0.25) is 4.79 Å². The number of H-pyrrole nitrogens is 1. The summed E-state index contributed by atoms with van der Waals surface area (Å²) < 4.78 is 10.6. The molecule has 2 aromatic heterocycles. The van der Waals surface area contributed by atoms with Crippen molar-refractivity contribution in [2.24, 2.45) is 5.92 Å². The maximum absolute atomic E-state index is 12.8. The second kappa shape index (κ2) is 9.55. The molecule has 4 rings (SSSR count). The van der Waals surface area contributed by atoms with E-state index in [0.29, 0.717) is 28.8 Å². The van der Waals surface area contributed by atoms with E-state index < -0.39 is 0 Å². The van der Waals surface area contributed by atoms with Crippen molar-refractivity contribution in [3.63, 3.8) is 0 Å². The van der Waals surface area contributed by atoms with Crippen molar-refractivity contribution in [2.75, 3.05) is 20.8 Å². The first-order valence-electron chi connectivity index (χ1n) is 10.4. The molecule has 6 nitrogen and oxygen atoms in total. The normalized spacial score (nSPS) is 19.0. The van der Waals surface area contributed by atoms with Crippen LogP contribution in [-0.2, 0) is 11.2 Å². The molecule has 1 aliphatic carbocycles. The third kappa shape index (κ3) is 4.56. The summed E-state index contributed by atoms with van der Waals surface area (Å²) in [7, 11) is 3.27. The van der Waals surface area contributed by atoms with Gasteiger partial charge in [-0.05, 0) is 43.2 Å². The number of benzene rings is 1. The van der Waals surface area contributed by atoms with Crippen LogP contribution in [0.15, 0.2) is 24.5 Å². The number of aromatic amines is 1. The average Bonchev–Trinajstić information content (AvgIpc) is 3.14. The van der Waals surface area contributed by atoms with Crippen LogP contribution in [0.3, 0.4) is 0 Å². The van der Waals surface area contributed by atoms with E-state index >= 15 is 0 Å². The molecule has 2 heterocycles. The molecule has 2 unspecified atom stereocenters. The predicted octanol–water partition coefficient (Wildman–Crippen LogP) is 5.62. The van der Waals surface area contributed by atoms with Gasteiger partial charge in [-0.2, -0.15) is 0 Å². The minimum Gasteiger partial charge on any atom is -0.494 e. The highest BCUT2D eigenvalue weighted by Gasteiger charge is 2.28. The Balaban J connectivity index is 1.57. The van der Waals surface area contributed by atoms with E-state index in [1.54, 1.807) is 14.2 Å². The summed E-state index contributed by atoms with van der Waals surface area (Å²) >= 11 is 12.7. The lowest BCUT2D eigenvalue weighted by atomic mass is 9.81. The van der Waals surface area contributed by atoms with Gasteiger partial charge in [0.2, 0.25) is 0 Å². The Morgan fingerprint density at radius 2 is 1.94 bits per heavy atom. The van der Waals surface area contributed by atoms with Crippen molar-refractivity contribution < 1.29 is 14.3 Å². The van der Waals surface area contributed by atoms with Crippen molar-refractivity contribution in [3.05, 3.63) is 51.7 Å². The standard InChI is InChI=1S/C23H25Cl2N3O3/c1-30-12-14-5-3-13(9-19(29)23-26-10-15(31-2)11-27-23)4-8-18-20(14)16-6-7-17(24)21(25)22(16)28-18/h6-7,10-11,13-14,28H,3-5,8-9,12H2,1-2H3. The van der Waals surface area contributed by atoms with Gasteiger partial charge in [-0.1, -0.05) is 29.3 Å². The van der Waals surface area contributed by atoms with Gasteiger partial charge in [0.25, 0.3) is 0 Å². The number of aryl methyl sites for hydroxylation is 1. The molecule has 1 aliphatic rings. The Labute approximate surface area is 191 Å². The minimum absolute atomic E-state index is 0.0387. The van der Waals surface area contributed by atoms with Crippen LogP contribution in [-0.4, -0.2) is 41.6 Å². The van der Waals surface area contributed by atoms with E-state index in [2.05, 4.69) is 15.0 Å². The molecule has 1 N–H and O–H groups in total. The van der Waals surface area contributed by atoms with Gasteiger partial charge in [0.05, 0.1) is 41.7 Å². The van der Waals surface area contributed by atoms with Gasteiger partial charge in [0.1, 0.15) is 0 Å². The van der Waals surface area contributed by atoms with Gasteiger partial charge in [-0.25, -0.2) is 9.97 Å². The van der Waals surface area contributed by atoms with Crippen LogP contribution in [0.25, 0.3) is 10.9 Å². The summed E-state index contributed by atoms with van der Waals surface area (Å²) in [5.74, 6) is 1.21. The molecule has 0 radical (unpaired) electrons. The Hall–Kier alpha value is -2.15. The summed E-state index contributed by atoms with van der Waals surface area (Å²) in [6, 6.07) is 3.88. The topological polar surface area (TPSA) is 77.1 Å². The molecule has 3 aromatic rings. The molecule has 8 heteroatoms. The lowest BCUT2D eigenvalue weighted by molar-refractivity contribution is 0.0942. The third-order valence-corrected chi connectivity index (χ3v) is 6.88. The van der Waals surface area contributed by atoms with Crippen LogP contribution >= 0.6 is 23.2 Å². The van der Waals surface area contributed by atoms with E-state index in [-0.39, 0.29) is 23.4 Å². The van der Waals surface area contributed by atoms with Gasteiger partial charge in [0.15, 0.2) is 17.4 Å². The molecule has 31 heavy (non-hydrogen) atoms. The molecule has 2 atom stereocenters. The van der Waals surface area contributed by atoms with Crippen molar-refractivity contribution in [1.82, 2.24) is 15.0 Å². The molecule has 0 fully saturated rings. The number of rotatable bonds is 6. The molecule has 0 saturated carbocycles. The van der Waals surface area contributed by atoms with Crippen molar-refractivity contribution in [3.8, 4) is 5.75 Å². The number of aromatic nitrogens is 3. The van der Waals surface area contributed by atoms with Crippen LogP contribution in [0, 0.1) is 5.92 Å². The summed E-state index contributed by atoms with van der Waals surface area (Å²) in [4.78, 5) is 24.6. The predicted molar refractivity (Wildman–Crippen MR) is 122 cm³/mol. The molecule has 164 valence electrons. The summed E-state index contributed by atoms with van der Waals surface area (Å²) in [6.07, 6.45) is 7.07. The van der Waals surface area contributed by atoms with Gasteiger partial charge < -0.3 is 14.5 Å². The smallest absolute Gasteiger partial charge is 0.200 e. The van der Waals surface area contributed by atoms with Gasteiger partial charge >= 0.3 is 0 Å². The monoisotopic (exact) mass is 461 g/mol. The fourth-order valence-electron chi connectivity index (χ4n) is 4.51. The highest BCUT2D eigenvalue weighted by atomic mass is 35.5. The number of fused-ring (bicyclic) bond motifs is 3. The SMILES string of the molecule is COCC1CCC(CC(=O)c2ncc(OC)cn2)CCc2[nH]c3c(Cl)c(Cl)ccc3c21. The van der Waals surface area contributed by atoms with Crippen molar-refractivity contribution in [1.29, 1.82) is 0 Å². The molecular formula is C23H25Cl2N3O3. The first-order valence-corrected chi connectivity index (χ1v) is 11.1. The van der Waals surface area contributed by atoms with Crippen LogP contribution in [0.1, 0.15) is 53.5 Å². The lowest BCUT2D eigenvalue weighted by Gasteiger charge is -2.25. The van der Waals surface area contributed by atoms with E-state index in [1.807, 2.05) is 12.1 Å². The quantitative estimate of drug-likeness (QED) is 0.482. The number of methoxy groups -OCH3 is 2. The first-order chi connectivity index (χ1) is 15.0. The average molecular weight is 462 g/mol. The molecule has 1 aromatic carbocycles. The number of halogens is 2. The van der Waals surface area contributed by atoms with E-state index in [4.69, 9.17) is 32.7 Å². The minimum atomic E-state index is -0.0387. The number of carbonyl (C=O) groups excluding carboxylic acids is 1. The highest BCUT2D eigenvalue weighted by molar-refractivity contribution is 6.45. The Bertz CT molecular complexity index is 1080. The van der Waals surface area contributed by atoms with Crippen LogP contribution in [0.5, 0.6) is 5.75 Å². The number of hydrogen-bond acceptors (Lipinski definition) is 5. The lowest BCUT2D eigenvalue weighted by Crippen LogP contribution is -2.18. The molecular weight excluding hydrogens is 437 g/mol. The molecule has 0 amide bonds. The zero-order valence-electron chi connectivity index (χ0n) is 17.6. The van der Waals surface area contributed by atoms with E-state index in [0.717, 1.165) is 42.3 Å². The fourth-order valence-corrected chi connectivity index (χ4v) is 4.88. The zero-order valence-corrected chi connectivity index (χ0v) is 19.1. The largest absolute Gasteiger partial charge is 0.494 e. The molecule has 0 bridgehead atoms. The summed E-state index contributed by atoms with van der Waals surface area (Å²) in [6.45, 7) is 0.614. The number of hydrogen-bond donors (Lipinski definition) is 1.